The molecule has 1 aliphatic heterocycles. The molecule has 3 nitrogen and oxygen atoms in total. The third-order valence-electron chi connectivity index (χ3n) is 3.91. The molecule has 1 N–H and O–H groups in total. The molecule has 0 aliphatic carbocycles. The van der Waals surface area contributed by atoms with Crippen LogP contribution < -0.4 is 0 Å². The highest BCUT2D eigenvalue weighted by molar-refractivity contribution is 5.90. The summed E-state index contributed by atoms with van der Waals surface area (Å²) in [6.45, 7) is 1.68. The van der Waals surface area contributed by atoms with E-state index in [1.807, 2.05) is 36.4 Å². The molecular formula is C18H19NO2. The number of oxime groups is 1. The molecule has 1 heterocycles. The van der Waals surface area contributed by atoms with Crippen molar-refractivity contribution in [3.05, 3.63) is 71.8 Å². The highest BCUT2D eigenvalue weighted by atomic mass is 16.7. The molecule has 3 rings (SSSR count). The lowest BCUT2D eigenvalue weighted by Crippen LogP contribution is -2.37. The highest BCUT2D eigenvalue weighted by Gasteiger charge is 2.43. The molecule has 1 aliphatic rings. The minimum Gasteiger partial charge on any atom is -0.360 e. The van der Waals surface area contributed by atoms with E-state index in [0.29, 0.717) is 6.42 Å². The molecular weight excluding hydrogens is 262 g/mol. The topological polar surface area (TPSA) is 41.8 Å². The van der Waals surface area contributed by atoms with Crippen LogP contribution in [0.4, 0.5) is 0 Å². The van der Waals surface area contributed by atoms with Crippen molar-refractivity contribution in [2.75, 3.05) is 0 Å². The molecule has 0 saturated carbocycles. The number of rotatable bonds is 4. The molecule has 0 spiro atoms. The summed E-state index contributed by atoms with van der Waals surface area (Å²) in [6, 6.07) is 20.3. The van der Waals surface area contributed by atoms with Crippen molar-refractivity contribution in [2.24, 2.45) is 11.1 Å². The number of nitrogens with zero attached hydrogens (tertiary/aromatic N) is 1. The van der Waals surface area contributed by atoms with Crippen LogP contribution in [-0.2, 0) is 17.7 Å². The molecule has 2 unspecified atom stereocenters. The molecule has 2 aromatic rings. The van der Waals surface area contributed by atoms with E-state index in [-0.39, 0.29) is 5.92 Å². The van der Waals surface area contributed by atoms with Gasteiger partial charge in [-0.15, -0.1) is 0 Å². The largest absolute Gasteiger partial charge is 0.360 e. The van der Waals surface area contributed by atoms with Gasteiger partial charge in [-0.25, -0.2) is 0 Å². The van der Waals surface area contributed by atoms with E-state index in [4.69, 9.17) is 4.84 Å². The van der Waals surface area contributed by atoms with Crippen LogP contribution in [0.1, 0.15) is 18.1 Å². The molecule has 2 aromatic carbocycles. The van der Waals surface area contributed by atoms with E-state index in [0.717, 1.165) is 12.1 Å². The Balaban J connectivity index is 1.79. The standard InChI is InChI=1S/C18H19NO2/c1-18(20)16(12-14-8-4-2-5-9-14)17(19-21-18)13-15-10-6-3-7-11-15/h2-11,16,20H,12-13H2,1H3. The van der Waals surface area contributed by atoms with Gasteiger partial charge in [-0.3, -0.25) is 0 Å². The second kappa shape index (κ2) is 5.70. The first-order chi connectivity index (χ1) is 10.1. The molecule has 21 heavy (non-hydrogen) atoms. The van der Waals surface area contributed by atoms with Crippen molar-refractivity contribution in [1.29, 1.82) is 0 Å². The highest BCUT2D eigenvalue weighted by Crippen LogP contribution is 2.31. The second-order valence-electron chi connectivity index (χ2n) is 5.63. The lowest BCUT2D eigenvalue weighted by molar-refractivity contribution is -0.193. The minimum absolute atomic E-state index is 0.125. The van der Waals surface area contributed by atoms with Crippen LogP contribution in [0.25, 0.3) is 0 Å². The van der Waals surface area contributed by atoms with Gasteiger partial charge in [-0.1, -0.05) is 65.8 Å². The first-order valence-corrected chi connectivity index (χ1v) is 7.20. The lowest BCUT2D eigenvalue weighted by Gasteiger charge is -2.24. The van der Waals surface area contributed by atoms with Gasteiger partial charge in [0.2, 0.25) is 5.79 Å². The van der Waals surface area contributed by atoms with Gasteiger partial charge < -0.3 is 9.94 Å². The van der Waals surface area contributed by atoms with Crippen molar-refractivity contribution in [3.63, 3.8) is 0 Å². The Morgan fingerprint density at radius 3 is 2.19 bits per heavy atom. The normalized spacial score (nSPS) is 24.5. The van der Waals surface area contributed by atoms with Crippen LogP contribution in [-0.4, -0.2) is 16.6 Å². The molecule has 0 aromatic heterocycles. The van der Waals surface area contributed by atoms with Gasteiger partial charge in [0.25, 0.3) is 0 Å². The van der Waals surface area contributed by atoms with E-state index in [2.05, 4.69) is 29.4 Å². The first-order valence-electron chi connectivity index (χ1n) is 7.20. The van der Waals surface area contributed by atoms with Crippen molar-refractivity contribution in [2.45, 2.75) is 25.6 Å². The lowest BCUT2D eigenvalue weighted by atomic mass is 9.86. The fourth-order valence-corrected chi connectivity index (χ4v) is 2.70. The summed E-state index contributed by atoms with van der Waals surface area (Å²) in [5.41, 5.74) is 3.25. The molecule has 3 heteroatoms. The van der Waals surface area contributed by atoms with Crippen molar-refractivity contribution < 1.29 is 9.94 Å². The molecule has 0 fully saturated rings. The summed E-state index contributed by atoms with van der Waals surface area (Å²) in [5.74, 6) is -1.36. The molecule has 0 amide bonds. The number of hydrogen-bond acceptors (Lipinski definition) is 3. The van der Waals surface area contributed by atoms with E-state index in [1.54, 1.807) is 6.92 Å². The average Bonchev–Trinajstić information content (AvgIpc) is 2.77. The van der Waals surface area contributed by atoms with Gasteiger partial charge in [0, 0.05) is 13.3 Å². The van der Waals surface area contributed by atoms with E-state index in [1.165, 1.54) is 11.1 Å². The summed E-state index contributed by atoms with van der Waals surface area (Å²) >= 11 is 0. The Hall–Kier alpha value is -2.13. The van der Waals surface area contributed by atoms with Gasteiger partial charge in [-0.05, 0) is 17.5 Å². The fourth-order valence-electron chi connectivity index (χ4n) is 2.70. The van der Waals surface area contributed by atoms with Crippen molar-refractivity contribution >= 4 is 5.71 Å². The van der Waals surface area contributed by atoms with E-state index >= 15 is 0 Å². The van der Waals surface area contributed by atoms with Crippen molar-refractivity contribution in [3.8, 4) is 0 Å². The maximum atomic E-state index is 10.4. The number of hydrogen-bond donors (Lipinski definition) is 1. The maximum Gasteiger partial charge on any atom is 0.240 e. The van der Waals surface area contributed by atoms with Gasteiger partial charge in [0.05, 0.1) is 11.6 Å². The zero-order chi connectivity index (χ0) is 14.7. The first kappa shape index (κ1) is 13.8. The van der Waals surface area contributed by atoms with Crippen LogP contribution in [0.15, 0.2) is 65.8 Å². The van der Waals surface area contributed by atoms with Crippen molar-refractivity contribution in [1.82, 2.24) is 0 Å². The molecule has 2 atom stereocenters. The quantitative estimate of drug-likeness (QED) is 0.935. The third kappa shape index (κ3) is 3.14. The Bertz CT molecular complexity index is 620. The molecule has 0 saturated heterocycles. The summed E-state index contributed by atoms with van der Waals surface area (Å²) in [4.78, 5) is 5.25. The zero-order valence-corrected chi connectivity index (χ0v) is 12.1. The molecule has 108 valence electrons. The Kier molecular flexibility index (Phi) is 3.76. The number of aliphatic hydroxyl groups is 1. The summed E-state index contributed by atoms with van der Waals surface area (Å²) < 4.78 is 0. The SMILES string of the molecule is CC1(O)ON=C(Cc2ccccc2)C1Cc1ccccc1. The summed E-state index contributed by atoms with van der Waals surface area (Å²) in [5, 5.41) is 14.6. The van der Waals surface area contributed by atoms with Gasteiger partial charge in [-0.2, -0.15) is 0 Å². The Morgan fingerprint density at radius 2 is 1.57 bits per heavy atom. The smallest absolute Gasteiger partial charge is 0.240 e. The predicted molar refractivity (Wildman–Crippen MR) is 82.9 cm³/mol. The second-order valence-corrected chi connectivity index (χ2v) is 5.63. The Morgan fingerprint density at radius 1 is 1.00 bits per heavy atom. The van der Waals surface area contributed by atoms with Crippen LogP contribution in [0, 0.1) is 5.92 Å². The maximum absolute atomic E-state index is 10.4. The van der Waals surface area contributed by atoms with Gasteiger partial charge in [0.1, 0.15) is 0 Å². The average molecular weight is 281 g/mol. The summed E-state index contributed by atoms with van der Waals surface area (Å²) in [7, 11) is 0. The minimum atomic E-state index is -1.24. The van der Waals surface area contributed by atoms with Gasteiger partial charge in [0.15, 0.2) is 0 Å². The Labute approximate surface area is 124 Å². The molecule has 0 radical (unpaired) electrons. The predicted octanol–water partition coefficient (Wildman–Crippen LogP) is 3.18. The van der Waals surface area contributed by atoms with Crippen LogP contribution in [0.5, 0.6) is 0 Å². The van der Waals surface area contributed by atoms with Gasteiger partial charge >= 0.3 is 0 Å². The van der Waals surface area contributed by atoms with E-state index in [9.17, 15) is 5.11 Å². The van der Waals surface area contributed by atoms with Crippen LogP contribution >= 0.6 is 0 Å². The van der Waals surface area contributed by atoms with E-state index < -0.39 is 5.79 Å². The molecule has 0 bridgehead atoms. The fraction of sp³-hybridized carbons (Fsp3) is 0.278. The number of benzene rings is 2. The zero-order valence-electron chi connectivity index (χ0n) is 12.1. The van der Waals surface area contributed by atoms with Crippen LogP contribution in [0.3, 0.4) is 0 Å². The monoisotopic (exact) mass is 281 g/mol. The third-order valence-corrected chi connectivity index (χ3v) is 3.91. The summed E-state index contributed by atoms with van der Waals surface area (Å²) in [6.07, 6.45) is 1.42. The van der Waals surface area contributed by atoms with Crippen LogP contribution in [0.2, 0.25) is 0 Å².